The highest BCUT2D eigenvalue weighted by Gasteiger charge is 2.66. The molecule has 27 heavy (non-hydrogen) atoms. The molecule has 2 spiro atoms. The SMILES string of the molecule is CCc1ccc2c(c1)C1(N=C(N)N(C(C)C)C1=O)C1(CCC(OC)CC1)C2. The zero-order chi connectivity index (χ0) is 19.4. The third kappa shape index (κ3) is 2.40. The monoisotopic (exact) mass is 369 g/mol. The van der Waals surface area contributed by atoms with Gasteiger partial charge in [-0.25, -0.2) is 4.99 Å². The van der Waals surface area contributed by atoms with Crippen LogP contribution >= 0.6 is 0 Å². The predicted octanol–water partition coefficient (Wildman–Crippen LogP) is 3.14. The van der Waals surface area contributed by atoms with E-state index in [-0.39, 0.29) is 23.5 Å². The van der Waals surface area contributed by atoms with Gasteiger partial charge >= 0.3 is 0 Å². The summed E-state index contributed by atoms with van der Waals surface area (Å²) in [6.45, 7) is 6.16. The van der Waals surface area contributed by atoms with E-state index in [0.29, 0.717) is 5.96 Å². The van der Waals surface area contributed by atoms with Crippen molar-refractivity contribution < 1.29 is 9.53 Å². The van der Waals surface area contributed by atoms with Gasteiger partial charge in [0.05, 0.1) is 6.10 Å². The Labute approximate surface area is 162 Å². The number of carbonyl (C=O) groups is 1. The van der Waals surface area contributed by atoms with Crippen LogP contribution in [0.1, 0.15) is 63.1 Å². The molecule has 0 bridgehead atoms. The lowest BCUT2D eigenvalue weighted by Crippen LogP contribution is -2.53. The van der Waals surface area contributed by atoms with Crippen LogP contribution in [-0.4, -0.2) is 36.0 Å². The summed E-state index contributed by atoms with van der Waals surface area (Å²) in [6, 6.07) is 6.63. The fourth-order valence-corrected chi connectivity index (χ4v) is 5.60. The number of benzene rings is 1. The largest absolute Gasteiger partial charge is 0.381 e. The van der Waals surface area contributed by atoms with Gasteiger partial charge in [-0.2, -0.15) is 0 Å². The minimum atomic E-state index is -0.861. The van der Waals surface area contributed by atoms with E-state index in [1.165, 1.54) is 11.1 Å². The molecule has 1 fully saturated rings. The van der Waals surface area contributed by atoms with E-state index >= 15 is 0 Å². The molecule has 5 heteroatoms. The Morgan fingerprint density at radius 2 is 2.04 bits per heavy atom. The molecule has 1 unspecified atom stereocenters. The maximum atomic E-state index is 13.9. The quantitative estimate of drug-likeness (QED) is 0.890. The molecule has 1 amide bonds. The molecule has 1 aliphatic heterocycles. The van der Waals surface area contributed by atoms with E-state index in [1.54, 1.807) is 12.0 Å². The fraction of sp³-hybridized carbons (Fsp3) is 0.636. The van der Waals surface area contributed by atoms with E-state index < -0.39 is 5.54 Å². The zero-order valence-corrected chi connectivity index (χ0v) is 16.9. The van der Waals surface area contributed by atoms with E-state index in [1.807, 2.05) is 13.8 Å². The van der Waals surface area contributed by atoms with Crippen molar-refractivity contribution in [2.75, 3.05) is 7.11 Å². The highest BCUT2D eigenvalue weighted by Crippen LogP contribution is 2.62. The lowest BCUT2D eigenvalue weighted by molar-refractivity contribution is -0.139. The normalized spacial score (nSPS) is 32.6. The molecule has 5 nitrogen and oxygen atoms in total. The summed E-state index contributed by atoms with van der Waals surface area (Å²) in [5.41, 5.74) is 8.88. The molecule has 1 aromatic carbocycles. The summed E-state index contributed by atoms with van der Waals surface area (Å²) in [7, 11) is 1.78. The highest BCUT2D eigenvalue weighted by atomic mass is 16.5. The second-order valence-corrected chi connectivity index (χ2v) is 8.69. The number of methoxy groups -OCH3 is 1. The van der Waals surface area contributed by atoms with Crippen LogP contribution in [0, 0.1) is 5.41 Å². The molecule has 1 aromatic rings. The van der Waals surface area contributed by atoms with Crippen LogP contribution < -0.4 is 5.73 Å². The molecule has 1 heterocycles. The first-order valence-corrected chi connectivity index (χ1v) is 10.2. The molecule has 2 N–H and O–H groups in total. The third-order valence-electron chi connectivity index (χ3n) is 7.07. The Kier molecular flexibility index (Phi) is 4.34. The minimum Gasteiger partial charge on any atom is -0.381 e. The zero-order valence-electron chi connectivity index (χ0n) is 16.9. The molecule has 0 aromatic heterocycles. The average Bonchev–Trinajstić information content (AvgIpc) is 3.08. The first-order valence-electron chi connectivity index (χ1n) is 10.2. The number of ether oxygens (including phenoxy) is 1. The number of fused-ring (bicyclic) bond motifs is 3. The lowest BCUT2D eigenvalue weighted by atomic mass is 9.61. The van der Waals surface area contributed by atoms with Crippen molar-refractivity contribution in [3.8, 4) is 0 Å². The van der Waals surface area contributed by atoms with Crippen molar-refractivity contribution in [1.82, 2.24) is 4.90 Å². The van der Waals surface area contributed by atoms with Gasteiger partial charge in [-0.1, -0.05) is 25.1 Å². The van der Waals surface area contributed by atoms with E-state index in [9.17, 15) is 4.79 Å². The molecule has 4 rings (SSSR count). The summed E-state index contributed by atoms with van der Waals surface area (Å²) in [4.78, 5) is 20.6. The predicted molar refractivity (Wildman–Crippen MR) is 107 cm³/mol. The number of aryl methyl sites for hydroxylation is 1. The van der Waals surface area contributed by atoms with Crippen LogP contribution in [-0.2, 0) is 27.9 Å². The van der Waals surface area contributed by atoms with Crippen LogP contribution in [0.4, 0.5) is 0 Å². The number of carbonyl (C=O) groups excluding carboxylic acids is 1. The van der Waals surface area contributed by atoms with Crippen molar-refractivity contribution in [3.05, 3.63) is 34.9 Å². The van der Waals surface area contributed by atoms with Gasteiger partial charge in [0, 0.05) is 18.6 Å². The molecule has 0 radical (unpaired) electrons. The number of hydrogen-bond acceptors (Lipinski definition) is 4. The van der Waals surface area contributed by atoms with Crippen molar-refractivity contribution in [1.29, 1.82) is 0 Å². The number of hydrogen-bond donors (Lipinski definition) is 1. The van der Waals surface area contributed by atoms with Gasteiger partial charge < -0.3 is 10.5 Å². The maximum absolute atomic E-state index is 13.9. The molecule has 1 saturated carbocycles. The second-order valence-electron chi connectivity index (χ2n) is 8.69. The average molecular weight is 370 g/mol. The second kappa shape index (κ2) is 6.33. The Morgan fingerprint density at radius 1 is 1.33 bits per heavy atom. The van der Waals surface area contributed by atoms with Crippen LogP contribution in [0.3, 0.4) is 0 Å². The first kappa shape index (κ1) is 18.5. The summed E-state index contributed by atoms with van der Waals surface area (Å²) in [6.07, 6.45) is 5.95. The number of amides is 1. The highest BCUT2D eigenvalue weighted by molar-refractivity contribution is 6.08. The van der Waals surface area contributed by atoms with Crippen LogP contribution in [0.15, 0.2) is 23.2 Å². The standard InChI is InChI=1S/C22H31N3O2/c1-5-15-6-7-16-13-21(10-8-17(27-4)9-11-21)22(18(16)12-15)19(26)25(14(2)3)20(23)24-22/h6-7,12,14,17H,5,8-11,13H2,1-4H3,(H2,23,24). The van der Waals surface area contributed by atoms with Crippen LogP contribution in [0.5, 0.6) is 0 Å². The molecular formula is C22H31N3O2. The van der Waals surface area contributed by atoms with E-state index in [2.05, 4.69) is 25.1 Å². The number of nitrogens with two attached hydrogens (primary N) is 1. The number of nitrogens with zero attached hydrogens (tertiary/aromatic N) is 2. The van der Waals surface area contributed by atoms with Crippen molar-refractivity contribution in [2.24, 2.45) is 16.1 Å². The Hall–Kier alpha value is -1.88. The molecular weight excluding hydrogens is 338 g/mol. The van der Waals surface area contributed by atoms with Gasteiger partial charge in [0.1, 0.15) is 0 Å². The Morgan fingerprint density at radius 3 is 2.59 bits per heavy atom. The Bertz CT molecular complexity index is 793. The fourth-order valence-electron chi connectivity index (χ4n) is 5.60. The maximum Gasteiger partial charge on any atom is 0.262 e. The summed E-state index contributed by atoms with van der Waals surface area (Å²) in [5, 5.41) is 0. The van der Waals surface area contributed by atoms with Gasteiger partial charge in [-0.3, -0.25) is 9.69 Å². The lowest BCUT2D eigenvalue weighted by Gasteiger charge is -2.45. The van der Waals surface area contributed by atoms with Gasteiger partial charge in [0.15, 0.2) is 11.5 Å². The molecule has 146 valence electrons. The number of aliphatic imine (C=N–C) groups is 1. The molecule has 1 atom stereocenters. The van der Waals surface area contributed by atoms with E-state index in [4.69, 9.17) is 15.5 Å². The number of guanidine groups is 1. The molecule has 2 aliphatic carbocycles. The Balaban J connectivity index is 1.89. The van der Waals surface area contributed by atoms with Gasteiger partial charge in [-0.15, -0.1) is 0 Å². The minimum absolute atomic E-state index is 0.00592. The van der Waals surface area contributed by atoms with Crippen LogP contribution in [0.25, 0.3) is 0 Å². The van der Waals surface area contributed by atoms with Crippen molar-refractivity contribution in [3.63, 3.8) is 0 Å². The smallest absolute Gasteiger partial charge is 0.262 e. The summed E-state index contributed by atoms with van der Waals surface area (Å²) < 4.78 is 5.61. The van der Waals surface area contributed by atoms with Crippen molar-refractivity contribution >= 4 is 11.9 Å². The van der Waals surface area contributed by atoms with Gasteiger partial charge in [0.25, 0.3) is 5.91 Å². The van der Waals surface area contributed by atoms with Crippen LogP contribution in [0.2, 0.25) is 0 Å². The summed E-state index contributed by atoms with van der Waals surface area (Å²) in [5.74, 6) is 0.441. The molecule has 3 aliphatic rings. The van der Waals surface area contributed by atoms with E-state index in [0.717, 1.165) is 44.1 Å². The topological polar surface area (TPSA) is 67.9 Å². The summed E-state index contributed by atoms with van der Waals surface area (Å²) >= 11 is 0. The molecule has 0 saturated heterocycles. The van der Waals surface area contributed by atoms with Crippen molar-refractivity contribution in [2.45, 2.75) is 77.0 Å². The first-order chi connectivity index (χ1) is 12.9. The van der Waals surface area contributed by atoms with Gasteiger partial charge in [-0.05, 0) is 69.1 Å². The third-order valence-corrected chi connectivity index (χ3v) is 7.07. The van der Waals surface area contributed by atoms with Gasteiger partial charge in [0.2, 0.25) is 0 Å². The number of rotatable bonds is 3.